The van der Waals surface area contributed by atoms with Crippen molar-refractivity contribution in [2.24, 2.45) is 0 Å². The number of furan rings is 1. The van der Waals surface area contributed by atoms with Crippen molar-refractivity contribution in [2.45, 2.75) is 32.7 Å². The molecule has 1 aromatic carbocycles. The van der Waals surface area contributed by atoms with Crippen molar-refractivity contribution in [2.75, 3.05) is 5.32 Å². The summed E-state index contributed by atoms with van der Waals surface area (Å²) >= 11 is 1.40. The molecule has 0 spiro atoms. The first-order chi connectivity index (χ1) is 15.5. The van der Waals surface area contributed by atoms with Gasteiger partial charge in [0.15, 0.2) is 11.2 Å². The molecule has 0 atom stereocenters. The Balaban J connectivity index is 1.43. The van der Waals surface area contributed by atoms with Crippen LogP contribution in [0.2, 0.25) is 0 Å². The Hall–Kier alpha value is -3.65. The first-order valence-corrected chi connectivity index (χ1v) is 11.1. The lowest BCUT2D eigenvalue weighted by molar-refractivity contribution is 0.0948. The van der Waals surface area contributed by atoms with E-state index in [-0.39, 0.29) is 23.6 Å². The second-order valence-electron chi connectivity index (χ2n) is 7.75. The number of nitrogens with one attached hydrogen (secondary N) is 2. The molecule has 4 aromatic rings. The monoisotopic (exact) mass is 448 g/mol. The Kier molecular flexibility index (Phi) is 5.14. The number of hydrogen-bond acceptors (Lipinski definition) is 6. The van der Waals surface area contributed by atoms with Gasteiger partial charge in [-0.1, -0.05) is 11.6 Å². The molecule has 1 aliphatic rings. The van der Waals surface area contributed by atoms with Gasteiger partial charge in [-0.05, 0) is 56.0 Å². The summed E-state index contributed by atoms with van der Waals surface area (Å²) in [5.74, 6) is -0.290. The molecule has 7 nitrogen and oxygen atoms in total. The number of carbonyl (C=O) groups excluding carboxylic acids is 2. The van der Waals surface area contributed by atoms with Crippen LogP contribution in [-0.4, -0.2) is 11.8 Å². The fourth-order valence-corrected chi connectivity index (χ4v) is 5.23. The van der Waals surface area contributed by atoms with Crippen molar-refractivity contribution in [3.8, 4) is 0 Å². The van der Waals surface area contributed by atoms with Gasteiger partial charge in [-0.25, -0.2) is 0 Å². The highest BCUT2D eigenvalue weighted by molar-refractivity contribution is 7.17. The van der Waals surface area contributed by atoms with Gasteiger partial charge < -0.3 is 19.5 Å². The van der Waals surface area contributed by atoms with Crippen LogP contribution in [0.15, 0.2) is 56.3 Å². The quantitative estimate of drug-likeness (QED) is 0.470. The lowest BCUT2D eigenvalue weighted by Crippen LogP contribution is -2.25. The van der Waals surface area contributed by atoms with Crippen LogP contribution in [0.1, 0.15) is 49.1 Å². The van der Waals surface area contributed by atoms with Crippen LogP contribution >= 0.6 is 11.3 Å². The highest BCUT2D eigenvalue weighted by Crippen LogP contribution is 2.39. The van der Waals surface area contributed by atoms with E-state index in [2.05, 4.69) is 10.6 Å². The molecule has 8 heteroatoms. The molecule has 0 saturated carbocycles. The fraction of sp³-hybridized carbons (Fsp3) is 0.208. The summed E-state index contributed by atoms with van der Waals surface area (Å²) in [6.07, 6.45) is 4.19. The lowest BCUT2D eigenvalue weighted by atomic mass is 10.1. The first-order valence-electron chi connectivity index (χ1n) is 10.3. The first kappa shape index (κ1) is 20.3. The van der Waals surface area contributed by atoms with E-state index in [1.165, 1.54) is 17.4 Å². The fourth-order valence-electron chi connectivity index (χ4n) is 3.95. The molecule has 0 bridgehead atoms. The number of thiophene rings is 1. The standard InChI is InChI=1S/C24H20N2O5S/c1-13-7-8-18-16(10-13)17(27)11-19(31-18)22(28)26-24-21(15-5-2-6-20(15)32-24)23(29)25-12-14-4-3-9-30-14/h3-4,7-11H,2,5-6,12H2,1H3,(H,25,29)(H,26,28). The van der Waals surface area contributed by atoms with Crippen molar-refractivity contribution in [1.29, 1.82) is 0 Å². The molecule has 162 valence electrons. The van der Waals surface area contributed by atoms with Gasteiger partial charge in [0, 0.05) is 10.9 Å². The van der Waals surface area contributed by atoms with Crippen LogP contribution in [-0.2, 0) is 19.4 Å². The minimum absolute atomic E-state index is 0.0955. The highest BCUT2D eigenvalue weighted by atomic mass is 32.1. The summed E-state index contributed by atoms with van der Waals surface area (Å²) < 4.78 is 11.0. The molecule has 32 heavy (non-hydrogen) atoms. The third-order valence-electron chi connectivity index (χ3n) is 5.49. The summed E-state index contributed by atoms with van der Waals surface area (Å²) in [6, 6.07) is 9.95. The maximum Gasteiger partial charge on any atom is 0.292 e. The number of rotatable bonds is 5. The second-order valence-corrected chi connectivity index (χ2v) is 8.86. The van der Waals surface area contributed by atoms with E-state index in [0.717, 1.165) is 35.3 Å². The predicted molar refractivity (Wildman–Crippen MR) is 121 cm³/mol. The van der Waals surface area contributed by atoms with Gasteiger partial charge in [0.1, 0.15) is 16.3 Å². The average molecular weight is 449 g/mol. The summed E-state index contributed by atoms with van der Waals surface area (Å²) in [4.78, 5) is 39.5. The summed E-state index contributed by atoms with van der Waals surface area (Å²) in [5.41, 5.74) is 2.43. The van der Waals surface area contributed by atoms with E-state index in [4.69, 9.17) is 8.83 Å². The summed E-state index contributed by atoms with van der Waals surface area (Å²) in [6.45, 7) is 2.14. The summed E-state index contributed by atoms with van der Waals surface area (Å²) in [5, 5.41) is 6.54. The predicted octanol–water partition coefficient (Wildman–Crippen LogP) is 4.43. The van der Waals surface area contributed by atoms with Gasteiger partial charge in [0.05, 0.1) is 23.8 Å². The van der Waals surface area contributed by atoms with Gasteiger partial charge in [0.2, 0.25) is 0 Å². The van der Waals surface area contributed by atoms with E-state index >= 15 is 0 Å². The van der Waals surface area contributed by atoms with Crippen LogP contribution in [0.4, 0.5) is 5.00 Å². The van der Waals surface area contributed by atoms with Crippen LogP contribution in [0.25, 0.3) is 11.0 Å². The third kappa shape index (κ3) is 3.73. The van der Waals surface area contributed by atoms with E-state index in [1.807, 2.05) is 13.0 Å². The number of hydrogen-bond donors (Lipinski definition) is 2. The summed E-state index contributed by atoms with van der Waals surface area (Å²) in [7, 11) is 0. The molecular formula is C24H20N2O5S. The molecule has 0 unspecified atom stereocenters. The van der Waals surface area contributed by atoms with Crippen molar-refractivity contribution in [3.63, 3.8) is 0 Å². The third-order valence-corrected chi connectivity index (χ3v) is 6.69. The van der Waals surface area contributed by atoms with E-state index in [1.54, 1.807) is 30.5 Å². The Morgan fingerprint density at radius 2 is 2.00 bits per heavy atom. The molecule has 5 rings (SSSR count). The molecule has 1 aliphatic carbocycles. The van der Waals surface area contributed by atoms with Crippen molar-refractivity contribution in [1.82, 2.24) is 5.32 Å². The SMILES string of the molecule is Cc1ccc2oc(C(=O)Nc3sc4c(c3C(=O)NCc3ccco3)CCC4)cc(=O)c2c1. The van der Waals surface area contributed by atoms with E-state index in [9.17, 15) is 14.4 Å². The molecule has 0 fully saturated rings. The molecule has 2 amide bonds. The molecule has 0 aliphatic heterocycles. The van der Waals surface area contributed by atoms with Gasteiger partial charge in [0.25, 0.3) is 11.8 Å². The number of aryl methyl sites for hydroxylation is 2. The van der Waals surface area contributed by atoms with Crippen LogP contribution < -0.4 is 16.1 Å². The maximum atomic E-state index is 13.0. The molecule has 3 aromatic heterocycles. The second kappa shape index (κ2) is 8.12. The Bertz CT molecular complexity index is 1400. The number of amides is 2. The van der Waals surface area contributed by atoms with Crippen LogP contribution in [0, 0.1) is 6.92 Å². The molecule has 3 heterocycles. The lowest BCUT2D eigenvalue weighted by Gasteiger charge is -2.09. The largest absolute Gasteiger partial charge is 0.467 e. The molecule has 0 saturated heterocycles. The smallest absolute Gasteiger partial charge is 0.292 e. The van der Waals surface area contributed by atoms with Gasteiger partial charge in [-0.3, -0.25) is 14.4 Å². The zero-order valence-electron chi connectivity index (χ0n) is 17.3. The van der Waals surface area contributed by atoms with Crippen molar-refractivity contribution < 1.29 is 18.4 Å². The normalized spacial score (nSPS) is 12.7. The number of carbonyl (C=O) groups is 2. The van der Waals surface area contributed by atoms with Gasteiger partial charge in [-0.2, -0.15) is 0 Å². The maximum absolute atomic E-state index is 13.0. The zero-order chi connectivity index (χ0) is 22.2. The van der Waals surface area contributed by atoms with Crippen molar-refractivity contribution >= 4 is 39.1 Å². The van der Waals surface area contributed by atoms with Gasteiger partial charge in [-0.15, -0.1) is 11.3 Å². The topological polar surface area (TPSA) is 102 Å². The highest BCUT2D eigenvalue weighted by Gasteiger charge is 2.28. The van der Waals surface area contributed by atoms with E-state index < -0.39 is 5.91 Å². The zero-order valence-corrected chi connectivity index (χ0v) is 18.1. The van der Waals surface area contributed by atoms with Crippen LogP contribution in [0.5, 0.6) is 0 Å². The number of benzene rings is 1. The minimum Gasteiger partial charge on any atom is -0.467 e. The molecule has 2 N–H and O–H groups in total. The minimum atomic E-state index is -0.565. The number of fused-ring (bicyclic) bond motifs is 2. The Morgan fingerprint density at radius 1 is 1.12 bits per heavy atom. The Morgan fingerprint density at radius 3 is 2.81 bits per heavy atom. The van der Waals surface area contributed by atoms with E-state index in [0.29, 0.717) is 27.3 Å². The average Bonchev–Trinajstić information content (AvgIpc) is 3.50. The number of anilines is 1. The Labute approximate surface area is 187 Å². The molecular weight excluding hydrogens is 428 g/mol. The van der Waals surface area contributed by atoms with Crippen molar-refractivity contribution in [3.05, 3.63) is 86.0 Å². The molecule has 0 radical (unpaired) electrons. The van der Waals surface area contributed by atoms with Gasteiger partial charge >= 0.3 is 0 Å². The van der Waals surface area contributed by atoms with Crippen LogP contribution in [0.3, 0.4) is 0 Å².